The van der Waals surface area contributed by atoms with Crippen molar-refractivity contribution in [2.75, 3.05) is 26.9 Å². The van der Waals surface area contributed by atoms with Crippen molar-refractivity contribution in [3.8, 4) is 5.75 Å². The van der Waals surface area contributed by atoms with Gasteiger partial charge in [-0.3, -0.25) is 14.5 Å². The Balaban J connectivity index is 1.35. The van der Waals surface area contributed by atoms with Crippen molar-refractivity contribution in [1.82, 2.24) is 15.5 Å². The average Bonchev–Trinajstić information content (AvgIpc) is 3.12. The molecule has 35 heavy (non-hydrogen) atoms. The average molecular weight is 486 g/mol. The van der Waals surface area contributed by atoms with Crippen LogP contribution in [-0.2, 0) is 19.7 Å². The van der Waals surface area contributed by atoms with E-state index in [-0.39, 0.29) is 35.7 Å². The molecule has 1 aromatic carbocycles. The number of rotatable bonds is 8. The third-order valence-corrected chi connectivity index (χ3v) is 7.85. The number of benzene rings is 1. The standard InChI is InChI=1S/C27H39N3O5/c1-34-22-11-9-20(10-12-22)27(15-17-35-18-16-27)19-30-25(32)23(29-26(30)33)13-14-24(31)28-21-7-5-3-2-4-6-8-21/h9-12,21,23H,2-8,13-19H2,1H3,(H,28,31)(H,29,33)/t23-/m1/s1. The lowest BCUT2D eigenvalue weighted by molar-refractivity contribution is -0.129. The molecule has 1 aliphatic carbocycles. The Labute approximate surface area is 208 Å². The Hall–Kier alpha value is -2.61. The maximum atomic E-state index is 13.2. The molecule has 4 rings (SSSR count). The van der Waals surface area contributed by atoms with Crippen molar-refractivity contribution in [3.63, 3.8) is 0 Å². The minimum absolute atomic E-state index is 0.0322. The first-order chi connectivity index (χ1) is 17.0. The number of carbonyl (C=O) groups is 3. The fourth-order valence-electron chi connectivity index (χ4n) is 5.65. The van der Waals surface area contributed by atoms with Crippen LogP contribution in [0.15, 0.2) is 24.3 Å². The molecule has 0 aromatic heterocycles. The Morgan fingerprint density at radius 2 is 1.74 bits per heavy atom. The van der Waals surface area contributed by atoms with Gasteiger partial charge in [0.15, 0.2) is 0 Å². The Morgan fingerprint density at radius 3 is 2.40 bits per heavy atom. The third-order valence-electron chi connectivity index (χ3n) is 7.85. The van der Waals surface area contributed by atoms with Crippen molar-refractivity contribution >= 4 is 17.8 Å². The van der Waals surface area contributed by atoms with Crippen molar-refractivity contribution in [3.05, 3.63) is 29.8 Å². The number of urea groups is 1. The summed E-state index contributed by atoms with van der Waals surface area (Å²) in [4.78, 5) is 39.9. The highest BCUT2D eigenvalue weighted by Gasteiger charge is 2.44. The van der Waals surface area contributed by atoms with Crippen LogP contribution in [-0.4, -0.2) is 61.7 Å². The van der Waals surface area contributed by atoms with E-state index in [0.717, 1.165) is 49.8 Å². The lowest BCUT2D eigenvalue weighted by atomic mass is 9.73. The summed E-state index contributed by atoms with van der Waals surface area (Å²) < 4.78 is 10.9. The number of carbonyl (C=O) groups excluding carboxylic acids is 3. The molecule has 1 atom stereocenters. The van der Waals surface area contributed by atoms with E-state index in [1.54, 1.807) is 7.11 Å². The molecule has 0 unspecified atom stereocenters. The molecule has 0 radical (unpaired) electrons. The first-order valence-electron chi connectivity index (χ1n) is 13.1. The Morgan fingerprint density at radius 1 is 1.09 bits per heavy atom. The van der Waals surface area contributed by atoms with Gasteiger partial charge in [-0.25, -0.2) is 4.79 Å². The highest BCUT2D eigenvalue weighted by atomic mass is 16.5. The first-order valence-corrected chi connectivity index (χ1v) is 13.1. The number of methoxy groups -OCH3 is 1. The van der Waals surface area contributed by atoms with Gasteiger partial charge in [-0.15, -0.1) is 0 Å². The Kier molecular flexibility index (Phi) is 8.65. The van der Waals surface area contributed by atoms with Crippen LogP contribution in [0, 0.1) is 0 Å². The fourth-order valence-corrected chi connectivity index (χ4v) is 5.65. The molecule has 0 spiro atoms. The molecule has 0 bridgehead atoms. The van der Waals surface area contributed by atoms with E-state index >= 15 is 0 Å². The SMILES string of the molecule is COc1ccc(C2(CN3C(=O)N[C@H](CCC(=O)NC4CCCCCCC4)C3=O)CCOCC2)cc1. The van der Waals surface area contributed by atoms with E-state index in [2.05, 4.69) is 10.6 Å². The zero-order valence-electron chi connectivity index (χ0n) is 20.9. The number of imide groups is 1. The van der Waals surface area contributed by atoms with Gasteiger partial charge in [-0.05, 0) is 49.8 Å². The molecule has 8 nitrogen and oxygen atoms in total. The third kappa shape index (κ3) is 6.34. The van der Waals surface area contributed by atoms with E-state index in [1.165, 1.54) is 24.2 Å². The summed E-state index contributed by atoms with van der Waals surface area (Å²) in [6.45, 7) is 1.47. The molecule has 2 aliphatic heterocycles. The lowest BCUT2D eigenvalue weighted by Gasteiger charge is -2.39. The second-order valence-electron chi connectivity index (χ2n) is 10.2. The minimum Gasteiger partial charge on any atom is -0.497 e. The highest BCUT2D eigenvalue weighted by Crippen LogP contribution is 2.37. The first kappa shape index (κ1) is 25.5. The molecule has 1 aromatic rings. The van der Waals surface area contributed by atoms with Crippen LogP contribution in [0.25, 0.3) is 0 Å². The second kappa shape index (κ2) is 11.9. The van der Waals surface area contributed by atoms with Crippen LogP contribution in [0.4, 0.5) is 4.79 Å². The van der Waals surface area contributed by atoms with Crippen LogP contribution in [0.5, 0.6) is 5.75 Å². The van der Waals surface area contributed by atoms with Crippen LogP contribution >= 0.6 is 0 Å². The smallest absolute Gasteiger partial charge is 0.324 e. The van der Waals surface area contributed by atoms with Gasteiger partial charge in [0.1, 0.15) is 11.8 Å². The monoisotopic (exact) mass is 485 g/mol. The van der Waals surface area contributed by atoms with Crippen molar-refractivity contribution in [1.29, 1.82) is 0 Å². The zero-order chi connectivity index (χ0) is 24.7. The van der Waals surface area contributed by atoms with Gasteiger partial charge >= 0.3 is 6.03 Å². The number of amides is 4. The summed E-state index contributed by atoms with van der Waals surface area (Å²) in [6, 6.07) is 7.05. The van der Waals surface area contributed by atoms with Crippen molar-refractivity contribution < 1.29 is 23.9 Å². The maximum absolute atomic E-state index is 13.2. The molecule has 2 saturated heterocycles. The van der Waals surface area contributed by atoms with Gasteiger partial charge in [0.05, 0.1) is 7.11 Å². The number of hydrogen-bond acceptors (Lipinski definition) is 5. The van der Waals surface area contributed by atoms with E-state index < -0.39 is 6.04 Å². The number of nitrogens with one attached hydrogen (secondary N) is 2. The van der Waals surface area contributed by atoms with E-state index in [0.29, 0.717) is 26.2 Å². The van der Waals surface area contributed by atoms with Crippen molar-refractivity contribution in [2.24, 2.45) is 0 Å². The van der Waals surface area contributed by atoms with Crippen LogP contribution < -0.4 is 15.4 Å². The largest absolute Gasteiger partial charge is 0.497 e. The second-order valence-corrected chi connectivity index (χ2v) is 10.2. The number of nitrogens with zero attached hydrogens (tertiary/aromatic N) is 1. The zero-order valence-corrected chi connectivity index (χ0v) is 20.9. The predicted molar refractivity (Wildman–Crippen MR) is 132 cm³/mol. The maximum Gasteiger partial charge on any atom is 0.324 e. The summed E-state index contributed by atoms with van der Waals surface area (Å²) in [7, 11) is 1.63. The molecule has 8 heteroatoms. The minimum atomic E-state index is -0.654. The topological polar surface area (TPSA) is 97.0 Å². The normalized spacial score (nSPS) is 23.3. The van der Waals surface area contributed by atoms with Crippen molar-refractivity contribution in [2.45, 2.75) is 88.1 Å². The summed E-state index contributed by atoms with van der Waals surface area (Å²) in [5.74, 6) is 0.493. The molecule has 3 fully saturated rings. The van der Waals surface area contributed by atoms with Gasteiger partial charge in [0.2, 0.25) is 5.91 Å². The van der Waals surface area contributed by atoms with E-state index in [9.17, 15) is 14.4 Å². The molecule has 2 heterocycles. The van der Waals surface area contributed by atoms with Crippen LogP contribution in [0.2, 0.25) is 0 Å². The number of ether oxygens (including phenoxy) is 2. The molecule has 1 saturated carbocycles. The Bertz CT molecular complexity index is 873. The van der Waals surface area contributed by atoms with Gasteiger partial charge < -0.3 is 20.1 Å². The molecule has 3 aliphatic rings. The molecular weight excluding hydrogens is 446 g/mol. The van der Waals surface area contributed by atoms with Crippen LogP contribution in [0.1, 0.15) is 76.2 Å². The summed E-state index contributed by atoms with van der Waals surface area (Å²) in [5, 5.41) is 5.96. The van der Waals surface area contributed by atoms with E-state index in [4.69, 9.17) is 9.47 Å². The van der Waals surface area contributed by atoms with Gasteiger partial charge in [-0.1, -0.05) is 44.2 Å². The summed E-state index contributed by atoms with van der Waals surface area (Å²) in [6.07, 6.45) is 10.1. The quantitative estimate of drug-likeness (QED) is 0.548. The molecule has 4 amide bonds. The molecule has 192 valence electrons. The molecule has 2 N–H and O–H groups in total. The fraction of sp³-hybridized carbons (Fsp3) is 0.667. The van der Waals surface area contributed by atoms with Gasteiger partial charge in [-0.2, -0.15) is 0 Å². The number of hydrogen-bond donors (Lipinski definition) is 2. The summed E-state index contributed by atoms with van der Waals surface area (Å²) >= 11 is 0. The molecular formula is C27H39N3O5. The predicted octanol–water partition coefficient (Wildman–Crippen LogP) is 3.67. The van der Waals surface area contributed by atoms with Crippen LogP contribution in [0.3, 0.4) is 0 Å². The summed E-state index contributed by atoms with van der Waals surface area (Å²) in [5.41, 5.74) is 0.714. The lowest BCUT2D eigenvalue weighted by Crippen LogP contribution is -2.47. The van der Waals surface area contributed by atoms with E-state index in [1.807, 2.05) is 24.3 Å². The van der Waals surface area contributed by atoms with Gasteiger partial charge in [0, 0.05) is 37.6 Å². The van der Waals surface area contributed by atoms with Gasteiger partial charge in [0.25, 0.3) is 5.91 Å². The highest BCUT2D eigenvalue weighted by molar-refractivity contribution is 6.04.